The first-order valence-electron chi connectivity index (χ1n) is 6.40. The SMILES string of the molecule is Cc1cc(C(=O)NNC(=O)[C@H]2CC=CCC2)c(C)o1. The van der Waals surface area contributed by atoms with Gasteiger partial charge in [0.1, 0.15) is 11.5 Å². The molecule has 0 saturated heterocycles. The average molecular weight is 262 g/mol. The van der Waals surface area contributed by atoms with Gasteiger partial charge in [0, 0.05) is 5.92 Å². The van der Waals surface area contributed by atoms with Crippen LogP contribution in [0.15, 0.2) is 22.6 Å². The highest BCUT2D eigenvalue weighted by atomic mass is 16.3. The van der Waals surface area contributed by atoms with Crippen LogP contribution in [-0.4, -0.2) is 11.8 Å². The van der Waals surface area contributed by atoms with Gasteiger partial charge in [-0.3, -0.25) is 20.4 Å². The number of carbonyl (C=O) groups excluding carboxylic acids is 2. The minimum Gasteiger partial charge on any atom is -0.466 e. The molecule has 102 valence electrons. The summed E-state index contributed by atoms with van der Waals surface area (Å²) in [5, 5.41) is 0. The molecule has 1 aromatic heterocycles. The Morgan fingerprint density at radius 3 is 2.63 bits per heavy atom. The molecule has 5 nitrogen and oxygen atoms in total. The van der Waals surface area contributed by atoms with Crippen molar-refractivity contribution in [3.05, 3.63) is 35.3 Å². The van der Waals surface area contributed by atoms with Crippen molar-refractivity contribution in [3.63, 3.8) is 0 Å². The number of aryl methyl sites for hydroxylation is 2. The van der Waals surface area contributed by atoms with Crippen LogP contribution in [0.4, 0.5) is 0 Å². The van der Waals surface area contributed by atoms with Crippen molar-refractivity contribution in [2.24, 2.45) is 5.92 Å². The molecule has 0 fully saturated rings. The summed E-state index contributed by atoms with van der Waals surface area (Å²) in [5.74, 6) is 0.665. The van der Waals surface area contributed by atoms with E-state index in [1.54, 1.807) is 19.9 Å². The van der Waals surface area contributed by atoms with Gasteiger partial charge in [-0.15, -0.1) is 0 Å². The monoisotopic (exact) mass is 262 g/mol. The van der Waals surface area contributed by atoms with Crippen molar-refractivity contribution in [2.45, 2.75) is 33.1 Å². The summed E-state index contributed by atoms with van der Waals surface area (Å²) in [6.45, 7) is 3.49. The predicted octanol–water partition coefficient (Wildman–Crippen LogP) is 2.01. The Hall–Kier alpha value is -2.04. The second-order valence-corrected chi connectivity index (χ2v) is 4.75. The van der Waals surface area contributed by atoms with Gasteiger partial charge in [-0.1, -0.05) is 12.2 Å². The van der Waals surface area contributed by atoms with Crippen molar-refractivity contribution in [1.29, 1.82) is 0 Å². The van der Waals surface area contributed by atoms with Crippen LogP contribution in [0.2, 0.25) is 0 Å². The van der Waals surface area contributed by atoms with Gasteiger partial charge >= 0.3 is 0 Å². The van der Waals surface area contributed by atoms with Crippen LogP contribution >= 0.6 is 0 Å². The molecule has 0 bridgehead atoms. The molecule has 1 atom stereocenters. The quantitative estimate of drug-likeness (QED) is 0.632. The molecule has 2 amide bonds. The predicted molar refractivity (Wildman–Crippen MR) is 70.3 cm³/mol. The van der Waals surface area contributed by atoms with Crippen LogP contribution in [-0.2, 0) is 4.79 Å². The lowest BCUT2D eigenvalue weighted by Gasteiger charge is -2.17. The van der Waals surface area contributed by atoms with E-state index >= 15 is 0 Å². The Morgan fingerprint density at radius 2 is 2.05 bits per heavy atom. The topological polar surface area (TPSA) is 71.3 Å². The molecule has 0 aromatic carbocycles. The van der Waals surface area contributed by atoms with Gasteiger partial charge in [0.05, 0.1) is 5.56 Å². The standard InChI is InChI=1S/C14H18N2O3/c1-9-8-12(10(2)19-9)14(18)16-15-13(17)11-6-4-3-5-7-11/h3-4,8,11H,5-7H2,1-2H3,(H,15,17)(H,16,18)/t11-/m0/s1. The number of hydrogen-bond donors (Lipinski definition) is 2. The Labute approximate surface area is 112 Å². The first kappa shape index (κ1) is 13.4. The fraction of sp³-hybridized carbons (Fsp3) is 0.429. The lowest BCUT2D eigenvalue weighted by molar-refractivity contribution is -0.126. The highest BCUT2D eigenvalue weighted by molar-refractivity contribution is 5.96. The maximum absolute atomic E-state index is 11.9. The number of rotatable bonds is 2. The highest BCUT2D eigenvalue weighted by Gasteiger charge is 2.20. The highest BCUT2D eigenvalue weighted by Crippen LogP contribution is 2.18. The lowest BCUT2D eigenvalue weighted by atomic mass is 9.94. The Bertz CT molecular complexity index is 517. The van der Waals surface area contributed by atoms with E-state index in [0.717, 1.165) is 19.3 Å². The zero-order chi connectivity index (χ0) is 13.8. The summed E-state index contributed by atoms with van der Waals surface area (Å²) in [6, 6.07) is 1.65. The number of allylic oxidation sites excluding steroid dienone is 2. The summed E-state index contributed by atoms with van der Waals surface area (Å²) >= 11 is 0. The number of nitrogens with one attached hydrogen (secondary N) is 2. The third kappa shape index (κ3) is 3.24. The van der Waals surface area contributed by atoms with E-state index in [1.807, 2.05) is 6.08 Å². The Morgan fingerprint density at radius 1 is 1.26 bits per heavy atom. The maximum Gasteiger partial charge on any atom is 0.273 e. The molecule has 0 radical (unpaired) electrons. The summed E-state index contributed by atoms with van der Waals surface area (Å²) in [4.78, 5) is 23.7. The molecule has 1 aliphatic rings. The van der Waals surface area contributed by atoms with Gasteiger partial charge in [-0.25, -0.2) is 0 Å². The molecule has 2 rings (SSSR count). The number of amides is 2. The number of hydrazine groups is 1. The van der Waals surface area contributed by atoms with Crippen molar-refractivity contribution in [3.8, 4) is 0 Å². The van der Waals surface area contributed by atoms with Gasteiger partial charge in [0.25, 0.3) is 5.91 Å². The van der Waals surface area contributed by atoms with E-state index in [2.05, 4.69) is 16.9 Å². The summed E-state index contributed by atoms with van der Waals surface area (Å²) < 4.78 is 5.28. The molecule has 2 N–H and O–H groups in total. The van der Waals surface area contributed by atoms with Crippen molar-refractivity contribution in [2.75, 3.05) is 0 Å². The van der Waals surface area contributed by atoms with Crippen LogP contribution < -0.4 is 10.9 Å². The van der Waals surface area contributed by atoms with Crippen LogP contribution in [0, 0.1) is 19.8 Å². The van der Waals surface area contributed by atoms with E-state index in [-0.39, 0.29) is 17.7 Å². The first-order chi connectivity index (χ1) is 9.08. The average Bonchev–Trinajstić information content (AvgIpc) is 2.75. The van der Waals surface area contributed by atoms with Gasteiger partial charge in [0.2, 0.25) is 5.91 Å². The fourth-order valence-electron chi connectivity index (χ4n) is 2.18. The second-order valence-electron chi connectivity index (χ2n) is 4.75. The molecule has 0 spiro atoms. The number of carbonyl (C=O) groups is 2. The van der Waals surface area contributed by atoms with Crippen molar-refractivity contribution in [1.82, 2.24) is 10.9 Å². The van der Waals surface area contributed by atoms with E-state index in [1.165, 1.54) is 0 Å². The van der Waals surface area contributed by atoms with Crippen LogP contribution in [0.3, 0.4) is 0 Å². The molecule has 1 aliphatic carbocycles. The van der Waals surface area contributed by atoms with Gasteiger partial charge in [0.15, 0.2) is 0 Å². The van der Waals surface area contributed by atoms with E-state index in [4.69, 9.17) is 4.42 Å². The molecule has 5 heteroatoms. The van der Waals surface area contributed by atoms with Crippen LogP contribution in [0.1, 0.15) is 41.1 Å². The third-order valence-corrected chi connectivity index (χ3v) is 3.22. The molecule has 0 unspecified atom stereocenters. The summed E-state index contributed by atoms with van der Waals surface area (Å²) in [7, 11) is 0. The molecular weight excluding hydrogens is 244 g/mol. The minimum atomic E-state index is -0.353. The molecule has 1 heterocycles. The summed E-state index contributed by atoms with van der Waals surface area (Å²) in [6.07, 6.45) is 6.53. The Kier molecular flexibility index (Phi) is 4.04. The minimum absolute atomic E-state index is 0.0579. The van der Waals surface area contributed by atoms with Gasteiger partial charge in [-0.05, 0) is 39.2 Å². The van der Waals surface area contributed by atoms with Gasteiger partial charge < -0.3 is 4.42 Å². The zero-order valence-corrected chi connectivity index (χ0v) is 11.2. The maximum atomic E-state index is 11.9. The molecule has 0 saturated carbocycles. The second kappa shape index (κ2) is 5.73. The summed E-state index contributed by atoms with van der Waals surface area (Å²) in [5.41, 5.74) is 5.35. The van der Waals surface area contributed by atoms with E-state index < -0.39 is 0 Å². The van der Waals surface area contributed by atoms with Gasteiger partial charge in [-0.2, -0.15) is 0 Å². The smallest absolute Gasteiger partial charge is 0.273 e. The van der Waals surface area contributed by atoms with E-state index in [9.17, 15) is 9.59 Å². The zero-order valence-electron chi connectivity index (χ0n) is 11.2. The van der Waals surface area contributed by atoms with Crippen LogP contribution in [0.25, 0.3) is 0 Å². The van der Waals surface area contributed by atoms with E-state index in [0.29, 0.717) is 17.1 Å². The largest absolute Gasteiger partial charge is 0.466 e. The molecule has 1 aromatic rings. The fourth-order valence-corrected chi connectivity index (χ4v) is 2.18. The Balaban J connectivity index is 1.88. The number of furan rings is 1. The third-order valence-electron chi connectivity index (χ3n) is 3.22. The first-order valence-corrected chi connectivity index (χ1v) is 6.40. The lowest BCUT2D eigenvalue weighted by Crippen LogP contribution is -2.44. The van der Waals surface area contributed by atoms with Crippen molar-refractivity contribution >= 4 is 11.8 Å². The van der Waals surface area contributed by atoms with Crippen molar-refractivity contribution < 1.29 is 14.0 Å². The normalized spacial score (nSPS) is 18.1. The molecule has 0 aliphatic heterocycles. The number of hydrogen-bond acceptors (Lipinski definition) is 3. The molecular formula is C14H18N2O3. The molecule has 19 heavy (non-hydrogen) atoms. The van der Waals surface area contributed by atoms with Crippen LogP contribution in [0.5, 0.6) is 0 Å².